The molecule has 1 rings (SSSR count). The molecule has 1 unspecified atom stereocenters. The molecule has 4 heteroatoms. The van der Waals surface area contributed by atoms with E-state index < -0.39 is 0 Å². The molecule has 13 heavy (non-hydrogen) atoms. The molecule has 0 radical (unpaired) electrons. The summed E-state index contributed by atoms with van der Waals surface area (Å²) >= 11 is 3.13. The van der Waals surface area contributed by atoms with Gasteiger partial charge in [-0.15, -0.1) is 0 Å². The van der Waals surface area contributed by atoms with Crippen LogP contribution in [0.25, 0.3) is 0 Å². The molecule has 0 saturated carbocycles. The minimum Gasteiger partial charge on any atom is -0.354 e. The van der Waals surface area contributed by atoms with Gasteiger partial charge in [0.2, 0.25) is 5.91 Å². The predicted molar refractivity (Wildman–Crippen MR) is 57.1 cm³/mol. The van der Waals surface area contributed by atoms with Gasteiger partial charge in [-0.3, -0.25) is 4.79 Å². The lowest BCUT2D eigenvalue weighted by atomic mass is 10.0. The van der Waals surface area contributed by atoms with Gasteiger partial charge in [0.25, 0.3) is 0 Å². The number of carbonyl (C=O) groups is 1. The summed E-state index contributed by atoms with van der Waals surface area (Å²) in [5.41, 5.74) is 0. The van der Waals surface area contributed by atoms with Gasteiger partial charge in [-0.05, 0) is 26.4 Å². The van der Waals surface area contributed by atoms with Crippen LogP contribution in [0, 0.1) is 0 Å². The van der Waals surface area contributed by atoms with Crippen LogP contribution in [0.4, 0.5) is 0 Å². The van der Waals surface area contributed by atoms with Crippen LogP contribution in [0.5, 0.6) is 0 Å². The van der Waals surface area contributed by atoms with Crippen molar-refractivity contribution in [3.05, 3.63) is 0 Å². The first kappa shape index (κ1) is 11.0. The van der Waals surface area contributed by atoms with Crippen LogP contribution in [0.15, 0.2) is 0 Å². The number of nitrogens with zero attached hydrogens (tertiary/aromatic N) is 1. The highest BCUT2D eigenvalue weighted by Crippen LogP contribution is 2.13. The lowest BCUT2D eigenvalue weighted by Crippen LogP contribution is -2.44. The third-order valence-electron chi connectivity index (χ3n) is 2.58. The van der Waals surface area contributed by atoms with E-state index in [1.54, 1.807) is 0 Å². The number of piperidine rings is 1. The SMILES string of the molecule is CN1CCCCC1CNC(=O)CBr. The van der Waals surface area contributed by atoms with E-state index >= 15 is 0 Å². The number of halogens is 1. The van der Waals surface area contributed by atoms with E-state index in [-0.39, 0.29) is 5.91 Å². The predicted octanol–water partition coefficient (Wildman–Crippen LogP) is 0.982. The number of alkyl halides is 1. The van der Waals surface area contributed by atoms with Gasteiger partial charge in [-0.25, -0.2) is 0 Å². The van der Waals surface area contributed by atoms with Gasteiger partial charge < -0.3 is 10.2 Å². The first-order valence-electron chi connectivity index (χ1n) is 4.77. The van der Waals surface area contributed by atoms with Crippen molar-refractivity contribution >= 4 is 21.8 Å². The van der Waals surface area contributed by atoms with Gasteiger partial charge in [0.05, 0.1) is 5.33 Å². The lowest BCUT2D eigenvalue weighted by Gasteiger charge is -2.32. The topological polar surface area (TPSA) is 32.3 Å². The Bertz CT molecular complexity index is 175. The van der Waals surface area contributed by atoms with Crippen LogP contribution in [-0.2, 0) is 4.79 Å². The standard InChI is InChI=1S/C9H17BrN2O/c1-12-5-3-2-4-8(12)7-11-9(13)6-10/h8H,2-7H2,1H3,(H,11,13). The largest absolute Gasteiger partial charge is 0.354 e. The molecule has 1 N–H and O–H groups in total. The Morgan fingerprint density at radius 1 is 1.62 bits per heavy atom. The zero-order valence-corrected chi connectivity index (χ0v) is 9.64. The van der Waals surface area contributed by atoms with Gasteiger partial charge in [0.1, 0.15) is 0 Å². The first-order valence-corrected chi connectivity index (χ1v) is 5.89. The molecule has 0 bridgehead atoms. The number of hydrogen-bond acceptors (Lipinski definition) is 2. The number of hydrogen-bond donors (Lipinski definition) is 1. The van der Waals surface area contributed by atoms with Gasteiger partial charge in [0, 0.05) is 12.6 Å². The molecule has 1 aliphatic rings. The number of carbonyl (C=O) groups excluding carboxylic acids is 1. The molecule has 1 heterocycles. The molecule has 1 aliphatic heterocycles. The number of likely N-dealkylation sites (N-methyl/N-ethyl adjacent to an activating group) is 1. The molecule has 0 aromatic carbocycles. The van der Waals surface area contributed by atoms with Crippen molar-refractivity contribution in [3.63, 3.8) is 0 Å². The quantitative estimate of drug-likeness (QED) is 0.756. The van der Waals surface area contributed by atoms with Crippen molar-refractivity contribution in [2.24, 2.45) is 0 Å². The van der Waals surface area contributed by atoms with Gasteiger partial charge in [-0.2, -0.15) is 0 Å². The third kappa shape index (κ3) is 3.65. The Morgan fingerprint density at radius 2 is 2.38 bits per heavy atom. The molecule has 3 nitrogen and oxygen atoms in total. The van der Waals surface area contributed by atoms with Crippen molar-refractivity contribution in [1.82, 2.24) is 10.2 Å². The normalized spacial score (nSPS) is 24.3. The van der Waals surface area contributed by atoms with E-state index in [4.69, 9.17) is 0 Å². The second-order valence-electron chi connectivity index (χ2n) is 3.57. The Hall–Kier alpha value is -0.0900. The maximum Gasteiger partial charge on any atom is 0.230 e. The highest BCUT2D eigenvalue weighted by molar-refractivity contribution is 9.09. The molecule has 1 atom stereocenters. The summed E-state index contributed by atoms with van der Waals surface area (Å²) in [6.45, 7) is 1.95. The van der Waals surface area contributed by atoms with E-state index in [2.05, 4.69) is 33.2 Å². The second kappa shape index (κ2) is 5.60. The van der Waals surface area contributed by atoms with Crippen LogP contribution < -0.4 is 5.32 Å². The van der Waals surface area contributed by atoms with Crippen molar-refractivity contribution in [3.8, 4) is 0 Å². The smallest absolute Gasteiger partial charge is 0.230 e. The Labute approximate surface area is 88.0 Å². The summed E-state index contributed by atoms with van der Waals surface area (Å²) < 4.78 is 0. The van der Waals surface area contributed by atoms with Crippen molar-refractivity contribution < 1.29 is 4.79 Å². The Balaban J connectivity index is 2.22. The summed E-state index contributed by atoms with van der Waals surface area (Å²) in [4.78, 5) is 13.3. The van der Waals surface area contributed by atoms with Crippen molar-refractivity contribution in [1.29, 1.82) is 0 Å². The number of amides is 1. The lowest BCUT2D eigenvalue weighted by molar-refractivity contribution is -0.118. The fraction of sp³-hybridized carbons (Fsp3) is 0.889. The van der Waals surface area contributed by atoms with Gasteiger partial charge >= 0.3 is 0 Å². The van der Waals surface area contributed by atoms with E-state index in [1.807, 2.05) is 0 Å². The fourth-order valence-electron chi connectivity index (χ4n) is 1.68. The van der Waals surface area contributed by atoms with Crippen LogP contribution in [0.2, 0.25) is 0 Å². The average Bonchev–Trinajstić information content (AvgIpc) is 2.16. The zero-order chi connectivity index (χ0) is 9.68. The monoisotopic (exact) mass is 248 g/mol. The van der Waals surface area contributed by atoms with Crippen LogP contribution in [0.1, 0.15) is 19.3 Å². The van der Waals surface area contributed by atoms with Crippen molar-refractivity contribution in [2.45, 2.75) is 25.3 Å². The molecule has 0 aromatic rings. The third-order valence-corrected chi connectivity index (χ3v) is 3.09. The minimum absolute atomic E-state index is 0.0824. The minimum atomic E-state index is 0.0824. The van der Waals surface area contributed by atoms with Crippen LogP contribution in [-0.4, -0.2) is 42.3 Å². The summed E-state index contributed by atoms with van der Waals surface area (Å²) in [5.74, 6) is 0.0824. The van der Waals surface area contributed by atoms with Gasteiger partial charge in [0.15, 0.2) is 0 Å². The number of nitrogens with one attached hydrogen (secondary N) is 1. The summed E-state index contributed by atoms with van der Waals surface area (Å²) in [5, 5.41) is 3.31. The molecular weight excluding hydrogens is 232 g/mol. The molecule has 0 aliphatic carbocycles. The van der Waals surface area contributed by atoms with Crippen LogP contribution >= 0.6 is 15.9 Å². The van der Waals surface area contributed by atoms with E-state index in [9.17, 15) is 4.79 Å². The van der Waals surface area contributed by atoms with Gasteiger partial charge in [-0.1, -0.05) is 22.4 Å². The summed E-state index contributed by atoms with van der Waals surface area (Å²) in [6, 6.07) is 0.539. The molecule has 1 amide bonds. The molecular formula is C9H17BrN2O. The Morgan fingerprint density at radius 3 is 3.00 bits per heavy atom. The van der Waals surface area contributed by atoms with Crippen molar-refractivity contribution in [2.75, 3.05) is 25.5 Å². The maximum atomic E-state index is 11.0. The average molecular weight is 249 g/mol. The highest BCUT2D eigenvalue weighted by atomic mass is 79.9. The summed E-state index contributed by atoms with van der Waals surface area (Å²) in [6.07, 6.45) is 3.79. The molecule has 1 fully saturated rings. The first-order chi connectivity index (χ1) is 6.24. The van der Waals surface area contributed by atoms with Crippen LogP contribution in [0.3, 0.4) is 0 Å². The summed E-state index contributed by atoms with van der Waals surface area (Å²) in [7, 11) is 2.13. The number of rotatable bonds is 3. The molecule has 0 spiro atoms. The molecule has 76 valence electrons. The Kier molecular flexibility index (Phi) is 4.73. The van der Waals surface area contributed by atoms with E-state index in [0.29, 0.717) is 11.4 Å². The molecule has 1 saturated heterocycles. The second-order valence-corrected chi connectivity index (χ2v) is 4.13. The zero-order valence-electron chi connectivity index (χ0n) is 8.05. The molecule has 0 aromatic heterocycles. The van der Waals surface area contributed by atoms with E-state index in [0.717, 1.165) is 13.1 Å². The maximum absolute atomic E-state index is 11.0. The van der Waals surface area contributed by atoms with E-state index in [1.165, 1.54) is 19.3 Å². The number of likely N-dealkylation sites (tertiary alicyclic amines) is 1. The highest BCUT2D eigenvalue weighted by Gasteiger charge is 2.18. The fourth-order valence-corrected chi connectivity index (χ4v) is 1.88.